The molecule has 2 amide bonds. The predicted molar refractivity (Wildman–Crippen MR) is 220 cm³/mol. The number of hydrogen-bond acceptors (Lipinski definition) is 7. The van der Waals surface area contributed by atoms with Crippen molar-refractivity contribution in [2.45, 2.75) is 83.4 Å². The normalized spacial score (nSPS) is 19.4. The van der Waals surface area contributed by atoms with E-state index in [1.54, 1.807) is 21.7 Å². The van der Waals surface area contributed by atoms with Crippen molar-refractivity contribution in [2.24, 2.45) is 5.92 Å². The van der Waals surface area contributed by atoms with Gasteiger partial charge in [-0.2, -0.15) is 13.2 Å². The van der Waals surface area contributed by atoms with E-state index in [4.69, 9.17) is 9.47 Å². The number of thiophene rings is 1. The van der Waals surface area contributed by atoms with Gasteiger partial charge in [-0.25, -0.2) is 14.2 Å². The molecule has 7 heterocycles. The molecule has 0 spiro atoms. The summed E-state index contributed by atoms with van der Waals surface area (Å²) in [7, 11) is 1.26. The zero-order valence-corrected chi connectivity index (χ0v) is 34.3. The van der Waals surface area contributed by atoms with Crippen molar-refractivity contribution in [3.05, 3.63) is 93.4 Å². The summed E-state index contributed by atoms with van der Waals surface area (Å²) in [6.07, 6.45) is -0.305. The van der Waals surface area contributed by atoms with E-state index < -0.39 is 35.2 Å². The number of likely N-dealkylation sites (tertiary alicyclic amines) is 1. The summed E-state index contributed by atoms with van der Waals surface area (Å²) in [5.41, 5.74) is 5.89. The number of halogens is 4. The molecule has 314 valence electrons. The van der Waals surface area contributed by atoms with Gasteiger partial charge in [0.2, 0.25) is 12.1 Å². The zero-order valence-electron chi connectivity index (χ0n) is 33.5. The smallest absolute Gasteiger partial charge is 0.425 e. The van der Waals surface area contributed by atoms with Crippen molar-refractivity contribution < 1.29 is 36.6 Å². The maximum Gasteiger partial charge on any atom is 0.425 e. The van der Waals surface area contributed by atoms with Crippen molar-refractivity contribution in [2.75, 3.05) is 20.2 Å². The molecule has 4 N–H and O–H groups in total. The minimum atomic E-state index is -4.54. The Kier molecular flexibility index (Phi) is 10.3. The number of H-pyrrole nitrogens is 2. The molecular weight excluding hydrogens is 799 g/mol. The van der Waals surface area contributed by atoms with Crippen LogP contribution >= 0.6 is 11.3 Å². The van der Waals surface area contributed by atoms with E-state index in [0.29, 0.717) is 58.1 Å². The average molecular weight is 844 g/mol. The maximum atomic E-state index is 16.8. The molecule has 4 unspecified atom stereocenters. The van der Waals surface area contributed by atoms with Crippen molar-refractivity contribution in [1.29, 1.82) is 0 Å². The molecule has 2 saturated heterocycles. The molecule has 11 nitrogen and oxygen atoms in total. The first-order chi connectivity index (χ1) is 28.8. The van der Waals surface area contributed by atoms with Crippen LogP contribution in [0.3, 0.4) is 0 Å². The maximum absolute atomic E-state index is 16.8. The Labute approximate surface area is 347 Å². The largest absolute Gasteiger partial charge is 0.464 e. The molecule has 2 aromatic carbocycles. The Bertz CT molecular complexity index is 2600. The van der Waals surface area contributed by atoms with Crippen molar-refractivity contribution in [3.63, 3.8) is 0 Å². The molecule has 4 atom stereocenters. The number of amides is 2. The van der Waals surface area contributed by atoms with Gasteiger partial charge in [-0.1, -0.05) is 26.8 Å². The molecule has 0 bridgehead atoms. The molecule has 16 heteroatoms. The number of nitrogens with one attached hydrogen (secondary N) is 4. The standard InChI is InChI=1S/C44H45F4N7O4S/c1-5-23-18-29(51-39(23)32-9-7-15-54(32)41(56)38(22(2)3)53-43(57)58-4)25-17-27(45)37-33-19-26-16-24(30-21-50-40(52-30)28-8-6-14-49-28)10-11-31(26)55(33)42(59-34(37)20-25)35-12-13-36(60-35)44(46,47)48/h10-13,16-22,28,32,38,42,49,51H,5-9,14-15H2,1-4H3,(H,50,52)(H,53,57). The lowest BCUT2D eigenvalue weighted by Gasteiger charge is -2.31. The van der Waals surface area contributed by atoms with Gasteiger partial charge in [0.15, 0.2) is 0 Å². The first kappa shape index (κ1) is 39.8. The van der Waals surface area contributed by atoms with Gasteiger partial charge < -0.3 is 35.0 Å². The fraction of sp³-hybridized carbons (Fsp3) is 0.386. The lowest BCUT2D eigenvalue weighted by Crippen LogP contribution is -2.51. The summed E-state index contributed by atoms with van der Waals surface area (Å²) in [5, 5.41) is 6.90. The molecule has 4 aromatic heterocycles. The molecule has 2 fully saturated rings. The van der Waals surface area contributed by atoms with E-state index in [2.05, 4.69) is 25.6 Å². The van der Waals surface area contributed by atoms with Gasteiger partial charge in [0, 0.05) is 34.4 Å². The molecule has 3 aliphatic heterocycles. The molecule has 3 aliphatic rings. The highest BCUT2D eigenvalue weighted by Crippen LogP contribution is 2.49. The van der Waals surface area contributed by atoms with Gasteiger partial charge in [-0.05, 0) is 98.7 Å². The third-order valence-corrected chi connectivity index (χ3v) is 13.1. The summed E-state index contributed by atoms with van der Waals surface area (Å²) in [5.74, 6) is 0.0871. The van der Waals surface area contributed by atoms with Crippen LogP contribution in [-0.2, 0) is 22.1 Å². The topological polar surface area (TPSA) is 129 Å². The summed E-state index contributed by atoms with van der Waals surface area (Å²) in [6, 6.07) is 14.3. The minimum absolute atomic E-state index is 0.158. The molecule has 0 saturated carbocycles. The fourth-order valence-electron chi connectivity index (χ4n) is 8.97. The number of carbonyl (C=O) groups is 2. The summed E-state index contributed by atoms with van der Waals surface area (Å²) in [6.45, 7) is 7.17. The van der Waals surface area contributed by atoms with Crippen molar-refractivity contribution in [1.82, 2.24) is 35.1 Å². The monoisotopic (exact) mass is 843 g/mol. The van der Waals surface area contributed by atoms with Gasteiger partial charge >= 0.3 is 12.3 Å². The number of methoxy groups -OCH3 is 1. The number of aromatic nitrogens is 4. The SMILES string of the molecule is CCc1cc(-c2cc(F)c3c(c2)OC(c2ccc(C(F)(F)F)s2)n2c-3cc3cc(-c4cnc(C5CCCN5)[nH]4)ccc32)[nH]c1C1CCCN1C(=O)C(NC(=O)OC)C(C)C. The second kappa shape index (κ2) is 15.4. The molecule has 60 heavy (non-hydrogen) atoms. The van der Waals surface area contributed by atoms with Gasteiger partial charge in [0.05, 0.1) is 52.7 Å². The van der Waals surface area contributed by atoms with Crippen molar-refractivity contribution in [3.8, 4) is 39.5 Å². The van der Waals surface area contributed by atoms with Gasteiger partial charge in [0.1, 0.15) is 28.3 Å². The summed E-state index contributed by atoms with van der Waals surface area (Å²) in [4.78, 5) is 39.0. The third kappa shape index (κ3) is 7.02. The van der Waals surface area contributed by atoms with Crippen LogP contribution in [0.2, 0.25) is 0 Å². The number of benzene rings is 2. The number of alkyl halides is 3. The Morgan fingerprint density at radius 3 is 2.58 bits per heavy atom. The predicted octanol–water partition coefficient (Wildman–Crippen LogP) is 9.88. The first-order valence-corrected chi connectivity index (χ1v) is 21.1. The Morgan fingerprint density at radius 2 is 1.87 bits per heavy atom. The second-order valence-corrected chi connectivity index (χ2v) is 17.1. The number of fused-ring (bicyclic) bond motifs is 5. The first-order valence-electron chi connectivity index (χ1n) is 20.3. The molecule has 0 radical (unpaired) electrons. The number of aryl methyl sites for hydroxylation is 1. The van der Waals surface area contributed by atoms with E-state index in [0.717, 1.165) is 65.6 Å². The second-order valence-electron chi connectivity index (χ2n) is 16.0. The molecule has 0 aliphatic carbocycles. The lowest BCUT2D eigenvalue weighted by atomic mass is 10.0. The van der Waals surface area contributed by atoms with E-state index in [1.165, 1.54) is 19.2 Å². The van der Waals surface area contributed by atoms with Gasteiger partial charge in [-0.3, -0.25) is 9.36 Å². The molecular formula is C44H45F4N7O4S. The van der Waals surface area contributed by atoms with Crippen LogP contribution in [0.1, 0.15) is 91.6 Å². The van der Waals surface area contributed by atoms with Crippen LogP contribution in [0.5, 0.6) is 5.75 Å². The van der Waals surface area contributed by atoms with Crippen LogP contribution in [0.15, 0.2) is 60.8 Å². The van der Waals surface area contributed by atoms with E-state index >= 15 is 4.39 Å². The van der Waals surface area contributed by atoms with Crippen LogP contribution in [0.4, 0.5) is 22.4 Å². The minimum Gasteiger partial charge on any atom is -0.464 e. The lowest BCUT2D eigenvalue weighted by molar-refractivity contribution is -0.135. The number of alkyl carbamates (subject to hydrolysis) is 1. The number of carbonyl (C=O) groups excluding carboxylic acids is 2. The Hall–Kier alpha value is -5.61. The zero-order chi connectivity index (χ0) is 42.0. The average Bonchev–Trinajstić information content (AvgIpc) is 4.08. The Morgan fingerprint density at radius 1 is 1.03 bits per heavy atom. The van der Waals surface area contributed by atoms with Crippen LogP contribution < -0.4 is 15.4 Å². The highest BCUT2D eigenvalue weighted by Gasteiger charge is 2.39. The van der Waals surface area contributed by atoms with Crippen LogP contribution in [0, 0.1) is 11.7 Å². The van der Waals surface area contributed by atoms with Crippen LogP contribution in [0.25, 0.3) is 44.7 Å². The quantitative estimate of drug-likeness (QED) is 0.107. The number of ether oxygens (including phenoxy) is 2. The number of rotatable bonds is 9. The number of aromatic amines is 2. The van der Waals surface area contributed by atoms with Gasteiger partial charge in [0.25, 0.3) is 0 Å². The van der Waals surface area contributed by atoms with E-state index in [-0.39, 0.29) is 35.2 Å². The number of nitrogens with zero attached hydrogens (tertiary/aromatic N) is 3. The summed E-state index contributed by atoms with van der Waals surface area (Å²) < 4.78 is 71.7. The highest BCUT2D eigenvalue weighted by atomic mass is 32.1. The number of imidazole rings is 1. The van der Waals surface area contributed by atoms with Gasteiger partial charge in [-0.15, -0.1) is 11.3 Å². The summed E-state index contributed by atoms with van der Waals surface area (Å²) >= 11 is 0.597. The highest BCUT2D eigenvalue weighted by molar-refractivity contribution is 7.12. The Balaban J connectivity index is 1.10. The fourth-order valence-corrected chi connectivity index (χ4v) is 9.87. The number of hydrogen-bond donors (Lipinski definition) is 4. The molecule has 9 rings (SSSR count). The third-order valence-electron chi connectivity index (χ3n) is 12.0. The van der Waals surface area contributed by atoms with Crippen LogP contribution in [-0.4, -0.2) is 62.7 Å². The van der Waals surface area contributed by atoms with E-state index in [1.807, 2.05) is 51.1 Å². The van der Waals surface area contributed by atoms with Crippen molar-refractivity contribution >= 4 is 34.2 Å². The molecule has 6 aromatic rings. The van der Waals surface area contributed by atoms with E-state index in [9.17, 15) is 22.8 Å².